The molecule has 2 rings (SSSR count). The third-order valence-electron chi connectivity index (χ3n) is 3.73. The fourth-order valence-electron chi connectivity index (χ4n) is 2.44. The topological polar surface area (TPSA) is 95.2 Å². The highest BCUT2D eigenvalue weighted by Crippen LogP contribution is 2.19. The van der Waals surface area contributed by atoms with Crippen LogP contribution >= 0.6 is 11.6 Å². The molecule has 1 aromatic heterocycles. The molecule has 0 unspecified atom stereocenters. The van der Waals surface area contributed by atoms with Gasteiger partial charge in [-0.3, -0.25) is 10.8 Å². The first-order valence-electron chi connectivity index (χ1n) is 8.34. The number of rotatable bonds is 6. The second-order valence-electron chi connectivity index (χ2n) is 5.76. The average Bonchev–Trinajstić information content (AvgIpc) is 2.66. The van der Waals surface area contributed by atoms with E-state index in [2.05, 4.69) is 15.1 Å². The molecule has 0 aromatic carbocycles. The number of nitrogens with one attached hydrogen (secondary N) is 2. The Morgan fingerprint density at radius 1 is 1.30 bits per heavy atom. The van der Waals surface area contributed by atoms with Crippen LogP contribution in [0.5, 0.6) is 0 Å². The van der Waals surface area contributed by atoms with E-state index in [1.54, 1.807) is 12.1 Å². The minimum Gasteiger partial charge on any atom is -0.498 e. The van der Waals surface area contributed by atoms with Crippen molar-refractivity contribution in [3.05, 3.63) is 53.7 Å². The minimum absolute atomic E-state index is 0.0123. The van der Waals surface area contributed by atoms with Gasteiger partial charge in [0.05, 0.1) is 6.26 Å². The molecular formula is C18H21ClFN5O2. The number of piperidine rings is 1. The lowest BCUT2D eigenvalue weighted by molar-refractivity contribution is 0.118. The number of halogens is 2. The maximum absolute atomic E-state index is 13.3. The molecule has 0 atom stereocenters. The van der Waals surface area contributed by atoms with Crippen molar-refractivity contribution in [2.24, 2.45) is 0 Å². The summed E-state index contributed by atoms with van der Waals surface area (Å²) in [5, 5.41) is 23.0. The highest BCUT2D eigenvalue weighted by Gasteiger charge is 2.21. The number of aromatic nitrogens is 2. The quantitative estimate of drug-likeness (QED) is 0.330. The van der Waals surface area contributed by atoms with Gasteiger partial charge in [-0.1, -0.05) is 11.6 Å². The number of allylic oxidation sites excluding steroid dienone is 4. The summed E-state index contributed by atoms with van der Waals surface area (Å²) in [5.41, 5.74) is 1.50. The number of ether oxygens (including phenoxy) is 2. The molecule has 0 aliphatic carbocycles. The highest BCUT2D eigenvalue weighted by molar-refractivity contribution is 6.25. The van der Waals surface area contributed by atoms with E-state index in [-0.39, 0.29) is 23.6 Å². The van der Waals surface area contributed by atoms with Gasteiger partial charge in [0.25, 0.3) is 0 Å². The second kappa shape index (κ2) is 10.4. The maximum Gasteiger partial charge on any atom is 0.241 e. The van der Waals surface area contributed by atoms with Gasteiger partial charge in [0, 0.05) is 44.5 Å². The third kappa shape index (κ3) is 6.82. The fraction of sp³-hybridized carbons (Fsp3) is 0.333. The molecular weight excluding hydrogens is 373 g/mol. The van der Waals surface area contributed by atoms with E-state index in [1.807, 2.05) is 0 Å². The van der Waals surface area contributed by atoms with Crippen molar-refractivity contribution in [2.75, 3.05) is 18.0 Å². The van der Waals surface area contributed by atoms with Crippen LogP contribution in [-0.2, 0) is 9.47 Å². The van der Waals surface area contributed by atoms with Gasteiger partial charge in [-0.25, -0.2) is 4.39 Å². The van der Waals surface area contributed by atoms with E-state index in [0.29, 0.717) is 5.82 Å². The Kier molecular flexibility index (Phi) is 7.94. The van der Waals surface area contributed by atoms with Gasteiger partial charge in [-0.15, -0.1) is 10.2 Å². The summed E-state index contributed by atoms with van der Waals surface area (Å²) in [5.74, 6) is -0.0161. The molecule has 0 spiro atoms. The SMILES string of the molecule is CC(=N)OC(=N)c1ccc(N2CCC(O/C=C/C(F)=C\C=C\Cl)CC2)nn1. The van der Waals surface area contributed by atoms with E-state index < -0.39 is 5.83 Å². The average molecular weight is 394 g/mol. The zero-order valence-corrected chi connectivity index (χ0v) is 15.6. The summed E-state index contributed by atoms with van der Waals surface area (Å²) < 4.78 is 23.8. The van der Waals surface area contributed by atoms with Crippen LogP contribution in [0, 0.1) is 10.8 Å². The molecule has 1 fully saturated rings. The smallest absolute Gasteiger partial charge is 0.241 e. The summed E-state index contributed by atoms with van der Waals surface area (Å²) in [6, 6.07) is 3.41. The molecule has 0 amide bonds. The molecule has 1 aliphatic rings. The predicted octanol–water partition coefficient (Wildman–Crippen LogP) is 3.92. The van der Waals surface area contributed by atoms with Crippen molar-refractivity contribution in [1.29, 1.82) is 10.8 Å². The summed E-state index contributed by atoms with van der Waals surface area (Å²) in [6.07, 6.45) is 6.80. The Bertz CT molecular complexity index is 741. The number of nitrogens with zero attached hydrogens (tertiary/aromatic N) is 3. The van der Waals surface area contributed by atoms with Gasteiger partial charge < -0.3 is 14.4 Å². The molecule has 144 valence electrons. The van der Waals surface area contributed by atoms with Crippen molar-refractivity contribution in [1.82, 2.24) is 10.2 Å². The standard InChI is InChI=1S/C18H21ClFN5O2/c1-13(21)27-18(22)16-4-5-17(24-23-16)25-10-6-15(7-11-25)26-12-8-14(20)3-2-9-19/h2-5,8-9,12,15,21-22H,6-7,10-11H2,1H3/b9-2+,12-8+,14-3+,21-13?,22-18?. The summed E-state index contributed by atoms with van der Waals surface area (Å²) in [7, 11) is 0. The number of hydrogen-bond acceptors (Lipinski definition) is 7. The van der Waals surface area contributed by atoms with Gasteiger partial charge in [0.2, 0.25) is 5.90 Å². The predicted molar refractivity (Wildman–Crippen MR) is 103 cm³/mol. The Hall–Kier alpha value is -2.74. The van der Waals surface area contributed by atoms with Crippen LogP contribution in [-0.4, -0.2) is 41.2 Å². The van der Waals surface area contributed by atoms with Crippen molar-refractivity contribution < 1.29 is 13.9 Å². The lowest BCUT2D eigenvalue weighted by Crippen LogP contribution is -2.37. The number of hydrogen-bond donors (Lipinski definition) is 2. The Labute approximate surface area is 162 Å². The van der Waals surface area contributed by atoms with E-state index >= 15 is 0 Å². The van der Waals surface area contributed by atoms with Gasteiger partial charge in [0.1, 0.15) is 17.6 Å². The minimum atomic E-state index is -0.438. The molecule has 27 heavy (non-hydrogen) atoms. The van der Waals surface area contributed by atoms with Gasteiger partial charge in [-0.05, 0) is 24.3 Å². The van der Waals surface area contributed by atoms with Crippen LogP contribution in [0.1, 0.15) is 25.5 Å². The monoisotopic (exact) mass is 393 g/mol. The molecule has 0 bridgehead atoms. The summed E-state index contributed by atoms with van der Waals surface area (Å²) in [4.78, 5) is 2.07. The van der Waals surface area contributed by atoms with Crippen LogP contribution < -0.4 is 4.90 Å². The van der Waals surface area contributed by atoms with Crippen molar-refractivity contribution >= 4 is 29.2 Å². The van der Waals surface area contributed by atoms with Crippen molar-refractivity contribution in [3.8, 4) is 0 Å². The van der Waals surface area contributed by atoms with Crippen molar-refractivity contribution in [2.45, 2.75) is 25.9 Å². The van der Waals surface area contributed by atoms with Crippen LogP contribution in [0.15, 0.2) is 48.0 Å². The van der Waals surface area contributed by atoms with E-state index in [4.69, 9.17) is 31.9 Å². The lowest BCUT2D eigenvalue weighted by Gasteiger charge is -2.31. The van der Waals surface area contributed by atoms with Crippen LogP contribution in [0.3, 0.4) is 0 Å². The van der Waals surface area contributed by atoms with Gasteiger partial charge >= 0.3 is 0 Å². The molecule has 0 radical (unpaired) electrons. The fourth-order valence-corrected chi connectivity index (χ4v) is 2.51. The van der Waals surface area contributed by atoms with Gasteiger partial charge in [-0.2, -0.15) is 0 Å². The molecule has 1 aliphatic heterocycles. The lowest BCUT2D eigenvalue weighted by atomic mass is 10.1. The molecule has 0 saturated carbocycles. The van der Waals surface area contributed by atoms with E-state index in [0.717, 1.165) is 25.9 Å². The number of anilines is 1. The van der Waals surface area contributed by atoms with Gasteiger partial charge in [0.15, 0.2) is 11.7 Å². The molecule has 1 aromatic rings. The second-order valence-corrected chi connectivity index (χ2v) is 6.01. The van der Waals surface area contributed by atoms with E-state index in [1.165, 1.54) is 36.9 Å². The molecule has 2 heterocycles. The van der Waals surface area contributed by atoms with Crippen molar-refractivity contribution in [3.63, 3.8) is 0 Å². The molecule has 9 heteroatoms. The Morgan fingerprint density at radius 3 is 2.63 bits per heavy atom. The normalized spacial score (nSPS) is 16.1. The van der Waals surface area contributed by atoms with Crippen LogP contribution in [0.2, 0.25) is 0 Å². The zero-order valence-electron chi connectivity index (χ0n) is 14.9. The van der Waals surface area contributed by atoms with Crippen LogP contribution in [0.4, 0.5) is 10.2 Å². The first-order valence-corrected chi connectivity index (χ1v) is 8.78. The first-order chi connectivity index (χ1) is 13.0. The largest absolute Gasteiger partial charge is 0.498 e. The Morgan fingerprint density at radius 2 is 2.04 bits per heavy atom. The molecule has 1 saturated heterocycles. The maximum atomic E-state index is 13.3. The van der Waals surface area contributed by atoms with E-state index in [9.17, 15) is 4.39 Å². The van der Waals surface area contributed by atoms with Crippen LogP contribution in [0.25, 0.3) is 0 Å². The Balaban J connectivity index is 1.82. The third-order valence-corrected chi connectivity index (χ3v) is 3.88. The zero-order chi connectivity index (χ0) is 19.6. The molecule has 7 nitrogen and oxygen atoms in total. The first kappa shape index (κ1) is 20.6. The summed E-state index contributed by atoms with van der Waals surface area (Å²) in [6.45, 7) is 2.90. The summed E-state index contributed by atoms with van der Waals surface area (Å²) >= 11 is 5.32. The molecule has 2 N–H and O–H groups in total. The highest BCUT2D eigenvalue weighted by atomic mass is 35.5.